The van der Waals surface area contributed by atoms with Crippen molar-refractivity contribution in [3.8, 4) is 0 Å². The molecule has 0 spiro atoms. The molecule has 1 aromatic carbocycles. The molecule has 128 valence electrons. The van der Waals surface area contributed by atoms with E-state index >= 15 is 0 Å². The minimum Gasteiger partial charge on any atom is -0.383 e. The van der Waals surface area contributed by atoms with E-state index in [0.717, 1.165) is 5.39 Å². The highest BCUT2D eigenvalue weighted by atomic mass is 16.5. The van der Waals surface area contributed by atoms with Crippen molar-refractivity contribution < 1.29 is 9.53 Å². The fourth-order valence-corrected chi connectivity index (χ4v) is 2.53. The Hall–Kier alpha value is -3.06. The van der Waals surface area contributed by atoms with E-state index in [2.05, 4.69) is 15.4 Å². The fourth-order valence-electron chi connectivity index (χ4n) is 2.53. The van der Waals surface area contributed by atoms with Gasteiger partial charge < -0.3 is 10.1 Å². The van der Waals surface area contributed by atoms with Gasteiger partial charge in [-0.2, -0.15) is 5.10 Å². The van der Waals surface area contributed by atoms with Gasteiger partial charge in [0.25, 0.3) is 11.5 Å². The second-order valence-corrected chi connectivity index (χ2v) is 5.43. The van der Waals surface area contributed by atoms with Crippen molar-refractivity contribution in [2.24, 2.45) is 0 Å². The van der Waals surface area contributed by atoms with Crippen LogP contribution in [0, 0.1) is 0 Å². The summed E-state index contributed by atoms with van der Waals surface area (Å²) < 4.78 is 6.41. The lowest BCUT2D eigenvalue weighted by molar-refractivity contribution is 0.0950. The largest absolute Gasteiger partial charge is 0.383 e. The van der Waals surface area contributed by atoms with Gasteiger partial charge in [0.1, 0.15) is 0 Å². The van der Waals surface area contributed by atoms with Crippen molar-refractivity contribution in [1.29, 1.82) is 0 Å². The van der Waals surface area contributed by atoms with Crippen LogP contribution in [0.3, 0.4) is 0 Å². The summed E-state index contributed by atoms with van der Waals surface area (Å²) >= 11 is 0. The molecule has 2 aromatic heterocycles. The summed E-state index contributed by atoms with van der Waals surface area (Å²) in [6.45, 7) is 0.953. The number of benzene rings is 1. The van der Waals surface area contributed by atoms with E-state index in [4.69, 9.17) is 4.74 Å². The molecular formula is C18H18N4O3. The van der Waals surface area contributed by atoms with Crippen LogP contribution in [0.1, 0.15) is 16.1 Å². The highest BCUT2D eigenvalue weighted by molar-refractivity contribution is 5.94. The minimum absolute atomic E-state index is 0.170. The van der Waals surface area contributed by atoms with Crippen LogP contribution in [0.5, 0.6) is 0 Å². The third-order valence-electron chi connectivity index (χ3n) is 3.81. The van der Waals surface area contributed by atoms with Crippen LogP contribution in [0.2, 0.25) is 0 Å². The van der Waals surface area contributed by atoms with Crippen LogP contribution in [0.15, 0.2) is 53.6 Å². The topological polar surface area (TPSA) is 86.1 Å². The fraction of sp³-hybridized carbons (Fsp3) is 0.222. The molecule has 25 heavy (non-hydrogen) atoms. The Labute approximate surface area is 144 Å². The first kappa shape index (κ1) is 16.8. The number of aromatic nitrogens is 3. The number of rotatable bonds is 6. The number of hydrogen-bond donors (Lipinski definition) is 1. The van der Waals surface area contributed by atoms with Gasteiger partial charge in [0.15, 0.2) is 0 Å². The highest BCUT2D eigenvalue weighted by Crippen LogP contribution is 2.13. The smallest absolute Gasteiger partial charge is 0.274 e. The lowest BCUT2D eigenvalue weighted by Crippen LogP contribution is -2.29. The van der Waals surface area contributed by atoms with Gasteiger partial charge >= 0.3 is 0 Å². The Kier molecular flexibility index (Phi) is 5.15. The lowest BCUT2D eigenvalue weighted by atomic mass is 10.1. The molecule has 2 heterocycles. The molecule has 0 atom stereocenters. The van der Waals surface area contributed by atoms with E-state index in [1.165, 1.54) is 4.68 Å². The molecule has 0 aliphatic rings. The molecule has 1 N–H and O–H groups in total. The predicted molar refractivity (Wildman–Crippen MR) is 93.3 cm³/mol. The molecule has 7 nitrogen and oxygen atoms in total. The van der Waals surface area contributed by atoms with Crippen molar-refractivity contribution in [3.05, 3.63) is 70.4 Å². The quantitative estimate of drug-likeness (QED) is 0.733. The first-order valence-electron chi connectivity index (χ1n) is 7.86. The molecule has 0 saturated carbocycles. The van der Waals surface area contributed by atoms with Crippen LogP contribution in [0.4, 0.5) is 0 Å². The number of pyridine rings is 1. The Balaban J connectivity index is 1.91. The predicted octanol–water partition coefficient (Wildman–Crippen LogP) is 1.37. The summed E-state index contributed by atoms with van der Waals surface area (Å²) in [7, 11) is 1.57. The van der Waals surface area contributed by atoms with Crippen LogP contribution in [-0.2, 0) is 17.8 Å². The maximum atomic E-state index is 12.5. The SMILES string of the molecule is COCCn1nc(CNC(=O)c2ccncc2)c2ccccc2c1=O. The monoisotopic (exact) mass is 338 g/mol. The average molecular weight is 338 g/mol. The van der Waals surface area contributed by atoms with Gasteiger partial charge in [-0.05, 0) is 18.2 Å². The third kappa shape index (κ3) is 3.72. The number of fused-ring (bicyclic) bond motifs is 1. The number of nitrogens with zero attached hydrogens (tertiary/aromatic N) is 3. The van der Waals surface area contributed by atoms with Gasteiger partial charge in [0.05, 0.1) is 30.8 Å². The Bertz CT molecular complexity index is 938. The number of carbonyl (C=O) groups excluding carboxylic acids is 1. The number of ether oxygens (including phenoxy) is 1. The van der Waals surface area contributed by atoms with Crippen molar-refractivity contribution in [2.45, 2.75) is 13.1 Å². The van der Waals surface area contributed by atoms with Gasteiger partial charge in [-0.15, -0.1) is 0 Å². The summed E-state index contributed by atoms with van der Waals surface area (Å²) in [5.74, 6) is -0.220. The number of hydrogen-bond acceptors (Lipinski definition) is 5. The first-order valence-corrected chi connectivity index (χ1v) is 7.86. The number of nitrogens with one attached hydrogen (secondary N) is 1. The van der Waals surface area contributed by atoms with Crippen LogP contribution in [0.25, 0.3) is 10.8 Å². The first-order chi connectivity index (χ1) is 12.2. The maximum absolute atomic E-state index is 12.5. The third-order valence-corrected chi connectivity index (χ3v) is 3.81. The molecular weight excluding hydrogens is 320 g/mol. The molecule has 0 bridgehead atoms. The molecule has 3 rings (SSSR count). The second-order valence-electron chi connectivity index (χ2n) is 5.43. The van der Waals surface area contributed by atoms with Gasteiger partial charge in [-0.1, -0.05) is 18.2 Å². The molecule has 0 unspecified atom stereocenters. The minimum atomic E-state index is -0.220. The normalized spacial score (nSPS) is 10.8. The van der Waals surface area contributed by atoms with Crippen molar-refractivity contribution >= 4 is 16.7 Å². The van der Waals surface area contributed by atoms with Gasteiger partial charge in [0, 0.05) is 30.5 Å². The summed E-state index contributed by atoms with van der Waals surface area (Å²) in [5.41, 5.74) is 0.984. The van der Waals surface area contributed by atoms with Crippen LogP contribution >= 0.6 is 0 Å². The van der Waals surface area contributed by atoms with E-state index in [9.17, 15) is 9.59 Å². The molecule has 0 saturated heterocycles. The van der Waals surface area contributed by atoms with Gasteiger partial charge in [0.2, 0.25) is 0 Å². The van der Waals surface area contributed by atoms with E-state index < -0.39 is 0 Å². The van der Waals surface area contributed by atoms with Crippen molar-refractivity contribution in [1.82, 2.24) is 20.1 Å². The standard InChI is InChI=1S/C18H18N4O3/c1-25-11-10-22-18(24)15-5-3-2-4-14(15)16(21-22)12-20-17(23)13-6-8-19-9-7-13/h2-9H,10-12H2,1H3,(H,20,23). The maximum Gasteiger partial charge on any atom is 0.274 e. The van der Waals surface area contributed by atoms with Crippen LogP contribution < -0.4 is 10.9 Å². The molecule has 0 aliphatic heterocycles. The van der Waals surface area contributed by atoms with Crippen LogP contribution in [-0.4, -0.2) is 34.4 Å². The zero-order valence-corrected chi connectivity index (χ0v) is 13.8. The summed E-state index contributed by atoms with van der Waals surface area (Å²) in [6, 6.07) is 10.5. The summed E-state index contributed by atoms with van der Waals surface area (Å²) in [5, 5.41) is 8.54. The summed E-state index contributed by atoms with van der Waals surface area (Å²) in [6.07, 6.45) is 3.13. The number of amides is 1. The average Bonchev–Trinajstić information content (AvgIpc) is 2.67. The molecule has 0 fully saturated rings. The second kappa shape index (κ2) is 7.67. The Morgan fingerprint density at radius 2 is 1.88 bits per heavy atom. The highest BCUT2D eigenvalue weighted by Gasteiger charge is 2.12. The van der Waals surface area contributed by atoms with Crippen molar-refractivity contribution in [2.75, 3.05) is 13.7 Å². The zero-order chi connectivity index (χ0) is 17.6. The van der Waals surface area contributed by atoms with E-state index in [1.54, 1.807) is 37.7 Å². The Morgan fingerprint density at radius 3 is 2.60 bits per heavy atom. The zero-order valence-electron chi connectivity index (χ0n) is 13.8. The number of methoxy groups -OCH3 is 1. The van der Waals surface area contributed by atoms with E-state index in [1.807, 2.05) is 18.2 Å². The molecule has 0 radical (unpaired) electrons. The van der Waals surface area contributed by atoms with Crippen molar-refractivity contribution in [3.63, 3.8) is 0 Å². The van der Waals surface area contributed by atoms with Gasteiger partial charge in [-0.3, -0.25) is 14.6 Å². The molecule has 3 aromatic rings. The van der Waals surface area contributed by atoms with E-state index in [-0.39, 0.29) is 18.0 Å². The molecule has 7 heteroatoms. The Morgan fingerprint density at radius 1 is 1.16 bits per heavy atom. The number of carbonyl (C=O) groups is 1. The lowest BCUT2D eigenvalue weighted by Gasteiger charge is -2.11. The molecule has 0 aliphatic carbocycles. The van der Waals surface area contributed by atoms with E-state index in [0.29, 0.717) is 29.8 Å². The summed E-state index contributed by atoms with van der Waals surface area (Å²) in [4.78, 5) is 28.6. The van der Waals surface area contributed by atoms with Gasteiger partial charge in [-0.25, -0.2) is 4.68 Å². The molecule has 1 amide bonds.